The Kier molecular flexibility index (Phi) is 6.53. The molecule has 1 aromatic carbocycles. The minimum absolute atomic E-state index is 0.0313. The molecule has 3 aromatic rings. The number of fused-ring (bicyclic) bond motifs is 1. The molecule has 9 heteroatoms. The SMILES string of the molecule is CC(=O)NC1(c2noc(CCC(=O)N(C)Cc3nc4ccccc4[nH]3)n2)CCCCCC1. The number of imidazole rings is 1. The zero-order valence-electron chi connectivity index (χ0n) is 18.7. The molecule has 2 N–H and O–H groups in total. The second-order valence-electron chi connectivity index (χ2n) is 8.64. The lowest BCUT2D eigenvalue weighted by molar-refractivity contribution is -0.130. The normalized spacial score (nSPS) is 15.9. The van der Waals surface area contributed by atoms with Crippen LogP contribution in [0.4, 0.5) is 0 Å². The Bertz CT molecular complexity index is 1050. The van der Waals surface area contributed by atoms with Crippen LogP contribution in [0, 0.1) is 0 Å². The Morgan fingerprint density at radius 3 is 2.62 bits per heavy atom. The number of carbonyl (C=O) groups excluding carboxylic acids is 2. The third-order valence-corrected chi connectivity index (χ3v) is 6.07. The molecule has 0 bridgehead atoms. The highest BCUT2D eigenvalue weighted by atomic mass is 16.5. The topological polar surface area (TPSA) is 117 Å². The summed E-state index contributed by atoms with van der Waals surface area (Å²) in [7, 11) is 1.76. The van der Waals surface area contributed by atoms with E-state index in [1.54, 1.807) is 11.9 Å². The van der Waals surface area contributed by atoms with Crippen LogP contribution in [0.15, 0.2) is 28.8 Å². The van der Waals surface area contributed by atoms with E-state index in [1.165, 1.54) is 6.92 Å². The molecule has 170 valence electrons. The summed E-state index contributed by atoms with van der Waals surface area (Å²) in [6.07, 6.45) is 6.49. The van der Waals surface area contributed by atoms with E-state index in [1.807, 2.05) is 24.3 Å². The van der Waals surface area contributed by atoms with Crippen molar-refractivity contribution in [2.24, 2.45) is 0 Å². The first-order valence-corrected chi connectivity index (χ1v) is 11.2. The summed E-state index contributed by atoms with van der Waals surface area (Å²) in [5.41, 5.74) is 1.26. The van der Waals surface area contributed by atoms with Gasteiger partial charge in [0.2, 0.25) is 17.7 Å². The maximum absolute atomic E-state index is 12.6. The largest absolute Gasteiger partial charge is 0.343 e. The minimum Gasteiger partial charge on any atom is -0.343 e. The van der Waals surface area contributed by atoms with E-state index >= 15 is 0 Å². The lowest BCUT2D eigenvalue weighted by atomic mass is 9.89. The van der Waals surface area contributed by atoms with Gasteiger partial charge < -0.3 is 19.7 Å². The van der Waals surface area contributed by atoms with Crippen LogP contribution in [-0.4, -0.2) is 43.9 Å². The highest BCUT2D eigenvalue weighted by molar-refractivity contribution is 5.77. The molecule has 9 nitrogen and oxygen atoms in total. The molecule has 2 heterocycles. The number of hydrogen-bond donors (Lipinski definition) is 2. The van der Waals surface area contributed by atoms with E-state index in [0.29, 0.717) is 24.7 Å². The van der Waals surface area contributed by atoms with Crippen molar-refractivity contribution in [2.75, 3.05) is 7.05 Å². The van der Waals surface area contributed by atoms with Crippen molar-refractivity contribution in [3.63, 3.8) is 0 Å². The lowest BCUT2D eigenvalue weighted by Gasteiger charge is -2.30. The van der Waals surface area contributed by atoms with E-state index in [-0.39, 0.29) is 18.2 Å². The summed E-state index contributed by atoms with van der Waals surface area (Å²) < 4.78 is 5.45. The van der Waals surface area contributed by atoms with Crippen LogP contribution in [0.3, 0.4) is 0 Å². The van der Waals surface area contributed by atoms with Crippen LogP contribution in [0.25, 0.3) is 11.0 Å². The Balaban J connectivity index is 1.37. The van der Waals surface area contributed by atoms with Crippen molar-refractivity contribution in [1.82, 2.24) is 30.3 Å². The van der Waals surface area contributed by atoms with E-state index in [0.717, 1.165) is 55.4 Å². The van der Waals surface area contributed by atoms with Crippen molar-refractivity contribution < 1.29 is 14.1 Å². The fraction of sp³-hybridized carbons (Fsp3) is 0.522. The van der Waals surface area contributed by atoms with E-state index in [9.17, 15) is 9.59 Å². The molecule has 1 aliphatic rings. The van der Waals surface area contributed by atoms with Gasteiger partial charge in [0, 0.05) is 26.8 Å². The predicted octanol–water partition coefficient (Wildman–Crippen LogP) is 3.22. The third-order valence-electron chi connectivity index (χ3n) is 6.07. The number of rotatable bonds is 7. The van der Waals surface area contributed by atoms with E-state index < -0.39 is 5.54 Å². The summed E-state index contributed by atoms with van der Waals surface area (Å²) in [6, 6.07) is 7.78. The predicted molar refractivity (Wildman–Crippen MR) is 118 cm³/mol. The van der Waals surface area contributed by atoms with Gasteiger partial charge in [-0.2, -0.15) is 4.98 Å². The molecule has 0 saturated heterocycles. The van der Waals surface area contributed by atoms with Gasteiger partial charge in [-0.1, -0.05) is 43.0 Å². The van der Waals surface area contributed by atoms with Crippen molar-refractivity contribution in [2.45, 2.75) is 70.4 Å². The summed E-state index contributed by atoms with van der Waals surface area (Å²) in [5, 5.41) is 7.26. The van der Waals surface area contributed by atoms with E-state index in [2.05, 4.69) is 25.4 Å². The Labute approximate surface area is 187 Å². The zero-order valence-corrected chi connectivity index (χ0v) is 18.7. The van der Waals surface area contributed by atoms with Crippen LogP contribution in [0.2, 0.25) is 0 Å². The van der Waals surface area contributed by atoms with Crippen molar-refractivity contribution in [3.8, 4) is 0 Å². The fourth-order valence-corrected chi connectivity index (χ4v) is 4.42. The smallest absolute Gasteiger partial charge is 0.227 e. The molecular formula is C23H30N6O3. The fourth-order valence-electron chi connectivity index (χ4n) is 4.42. The molecule has 1 fully saturated rings. The monoisotopic (exact) mass is 438 g/mol. The van der Waals surface area contributed by atoms with E-state index in [4.69, 9.17) is 4.52 Å². The van der Waals surface area contributed by atoms with Crippen molar-refractivity contribution in [3.05, 3.63) is 41.8 Å². The van der Waals surface area contributed by atoms with Gasteiger partial charge in [0.15, 0.2) is 5.82 Å². The first-order valence-electron chi connectivity index (χ1n) is 11.2. The molecule has 0 aliphatic heterocycles. The number of nitrogens with zero attached hydrogens (tertiary/aromatic N) is 4. The summed E-state index contributed by atoms with van der Waals surface area (Å²) >= 11 is 0. The van der Waals surface area contributed by atoms with Gasteiger partial charge in [-0.05, 0) is 25.0 Å². The van der Waals surface area contributed by atoms with Gasteiger partial charge in [0.05, 0.1) is 17.6 Å². The van der Waals surface area contributed by atoms with Crippen LogP contribution in [0.1, 0.15) is 69.4 Å². The standard InChI is InChI=1S/C23H30N6O3/c1-16(30)27-23(13-7-3-4-8-14-23)22-26-20(32-28-22)11-12-21(31)29(2)15-19-24-17-9-5-6-10-18(17)25-19/h5-6,9-10H,3-4,7-8,11-15H2,1-2H3,(H,24,25)(H,27,30). The zero-order chi connectivity index (χ0) is 22.6. The van der Waals surface area contributed by atoms with Crippen molar-refractivity contribution >= 4 is 22.8 Å². The number of hydrogen-bond acceptors (Lipinski definition) is 6. The molecule has 0 radical (unpaired) electrons. The number of carbonyl (C=O) groups is 2. The van der Waals surface area contributed by atoms with Gasteiger partial charge in [-0.15, -0.1) is 0 Å². The average molecular weight is 439 g/mol. The average Bonchev–Trinajstić information content (AvgIpc) is 3.34. The number of para-hydroxylation sites is 2. The van der Waals surface area contributed by atoms with Crippen LogP contribution in [0.5, 0.6) is 0 Å². The molecular weight excluding hydrogens is 408 g/mol. The Morgan fingerprint density at radius 1 is 1.16 bits per heavy atom. The molecule has 4 rings (SSSR count). The summed E-state index contributed by atoms with van der Waals surface area (Å²) in [5.74, 6) is 1.55. The first kappa shape index (κ1) is 22.0. The molecule has 1 saturated carbocycles. The second kappa shape index (κ2) is 9.50. The highest BCUT2D eigenvalue weighted by Gasteiger charge is 2.38. The number of aromatic nitrogens is 4. The molecule has 0 unspecified atom stereocenters. The van der Waals surface area contributed by atoms with Crippen LogP contribution >= 0.6 is 0 Å². The quantitative estimate of drug-likeness (QED) is 0.547. The summed E-state index contributed by atoms with van der Waals surface area (Å²) in [4.78, 5) is 38.5. The Hall–Kier alpha value is -3.23. The van der Waals surface area contributed by atoms with Crippen LogP contribution in [-0.2, 0) is 28.1 Å². The molecule has 32 heavy (non-hydrogen) atoms. The highest BCUT2D eigenvalue weighted by Crippen LogP contribution is 2.34. The Morgan fingerprint density at radius 2 is 1.91 bits per heavy atom. The third kappa shape index (κ3) is 4.98. The number of H-pyrrole nitrogens is 1. The number of aromatic amines is 1. The van der Waals surface area contributed by atoms with Gasteiger partial charge in [0.25, 0.3) is 0 Å². The number of amides is 2. The molecule has 0 spiro atoms. The van der Waals surface area contributed by atoms with Gasteiger partial charge in [-0.25, -0.2) is 4.98 Å². The number of aryl methyl sites for hydroxylation is 1. The molecule has 2 aromatic heterocycles. The van der Waals surface area contributed by atoms with Gasteiger partial charge in [0.1, 0.15) is 11.4 Å². The van der Waals surface area contributed by atoms with Gasteiger partial charge >= 0.3 is 0 Å². The first-order chi connectivity index (χ1) is 15.4. The number of benzene rings is 1. The molecule has 2 amide bonds. The van der Waals surface area contributed by atoms with Crippen LogP contribution < -0.4 is 5.32 Å². The molecule has 0 atom stereocenters. The minimum atomic E-state index is -0.577. The van der Waals surface area contributed by atoms with Crippen molar-refractivity contribution in [1.29, 1.82) is 0 Å². The summed E-state index contributed by atoms with van der Waals surface area (Å²) in [6.45, 7) is 1.92. The van der Waals surface area contributed by atoms with Gasteiger partial charge in [-0.3, -0.25) is 9.59 Å². The number of nitrogens with one attached hydrogen (secondary N) is 2. The molecule has 1 aliphatic carbocycles. The maximum atomic E-state index is 12.6. The second-order valence-corrected chi connectivity index (χ2v) is 8.64. The maximum Gasteiger partial charge on any atom is 0.227 e. The lowest BCUT2D eigenvalue weighted by Crippen LogP contribution is -2.45.